The molecule has 0 unspecified atom stereocenters. The summed E-state index contributed by atoms with van der Waals surface area (Å²) in [5.41, 5.74) is 0.806. The highest BCUT2D eigenvalue weighted by Crippen LogP contribution is 2.59. The van der Waals surface area contributed by atoms with E-state index in [1.165, 1.54) is 0 Å². The Labute approximate surface area is 428 Å². The monoisotopic (exact) mass is 1000 g/mol. The van der Waals surface area contributed by atoms with Crippen molar-refractivity contribution in [3.05, 3.63) is 68.8 Å². The third kappa shape index (κ3) is 13.5. The molecule has 0 saturated heterocycles. The third-order valence-electron chi connectivity index (χ3n) is 15.6. The van der Waals surface area contributed by atoms with Crippen LogP contribution < -0.4 is 0 Å². The van der Waals surface area contributed by atoms with E-state index in [2.05, 4.69) is 27.7 Å². The van der Waals surface area contributed by atoms with Crippen LogP contribution in [0.2, 0.25) is 0 Å². The number of aromatic hydroxyl groups is 12. The van der Waals surface area contributed by atoms with Crippen molar-refractivity contribution in [2.75, 3.05) is 0 Å². The summed E-state index contributed by atoms with van der Waals surface area (Å²) in [5, 5.41) is 143. The van der Waals surface area contributed by atoms with E-state index in [0.29, 0.717) is 25.7 Å². The van der Waals surface area contributed by atoms with Crippen molar-refractivity contribution in [2.24, 2.45) is 0 Å². The quantitative estimate of drug-likeness (QED) is 0.0188. The first-order chi connectivity index (χ1) is 34.7. The number of rotatable bonds is 28. The largest absolute Gasteiger partial charge is 0.504 e. The van der Waals surface area contributed by atoms with Crippen LogP contribution in [0, 0.1) is 0 Å². The first-order valence-electron chi connectivity index (χ1n) is 27.8. The van der Waals surface area contributed by atoms with Gasteiger partial charge in [-0.25, -0.2) is 0 Å². The highest BCUT2D eigenvalue weighted by molar-refractivity contribution is 5.70. The maximum Gasteiger partial charge on any atom is 0.200 e. The predicted octanol–water partition coefficient (Wildman–Crippen LogP) is 16.0. The number of unbranched alkanes of at least 4 members (excludes halogenated alkanes) is 20. The zero-order valence-electron chi connectivity index (χ0n) is 43.8. The molecule has 0 fully saturated rings. The highest BCUT2D eigenvalue weighted by atomic mass is 16.3. The SMILES string of the molecule is CCCCCCCCC1c2cc(c(O)c(O)c2O)C(CCCCCCCC)c2cc(c(O)c(O)c2O)C(CCCCCCCC)c2cc(c(O)c(O)c2O)C(CCCCCCCC)c2cc1c(O)c(O)c2O. The Balaban J connectivity index is 1.92. The molecule has 0 radical (unpaired) electrons. The average molecular weight is 1000 g/mol. The molecule has 5 rings (SSSR count). The number of phenolic OH excluding ortho intramolecular Hbond substituents is 12. The molecule has 4 aromatic carbocycles. The van der Waals surface area contributed by atoms with Crippen LogP contribution in [-0.2, 0) is 0 Å². The van der Waals surface area contributed by atoms with E-state index in [-0.39, 0.29) is 70.2 Å². The fraction of sp³-hybridized carbons (Fsp3) is 0.600. The second-order valence-electron chi connectivity index (χ2n) is 20.8. The fourth-order valence-electron chi connectivity index (χ4n) is 11.3. The van der Waals surface area contributed by atoms with Crippen molar-refractivity contribution in [1.82, 2.24) is 0 Å². The lowest BCUT2D eigenvalue weighted by Crippen LogP contribution is -2.12. The van der Waals surface area contributed by atoms with Crippen LogP contribution in [0.15, 0.2) is 24.3 Å². The number of fused-ring (bicyclic) bond motifs is 8. The number of hydrogen-bond acceptors (Lipinski definition) is 12. The van der Waals surface area contributed by atoms with Crippen molar-refractivity contribution >= 4 is 0 Å². The van der Waals surface area contributed by atoms with E-state index in [0.717, 1.165) is 128 Å². The van der Waals surface area contributed by atoms with Crippen molar-refractivity contribution in [1.29, 1.82) is 0 Å². The minimum Gasteiger partial charge on any atom is -0.504 e. The summed E-state index contributed by atoms with van der Waals surface area (Å²) in [6, 6.07) is 6.19. The Kier molecular flexibility index (Phi) is 22.4. The molecule has 4 aromatic rings. The van der Waals surface area contributed by atoms with Crippen LogP contribution in [0.5, 0.6) is 69.0 Å². The van der Waals surface area contributed by atoms with E-state index in [1.807, 2.05) is 0 Å². The summed E-state index contributed by atoms with van der Waals surface area (Å²) in [6.07, 6.45) is 22.6. The van der Waals surface area contributed by atoms with Gasteiger partial charge >= 0.3 is 0 Å². The van der Waals surface area contributed by atoms with Gasteiger partial charge in [-0.2, -0.15) is 0 Å². The van der Waals surface area contributed by atoms with Crippen LogP contribution in [0.4, 0.5) is 0 Å². The minimum atomic E-state index is -0.972. The lowest BCUT2D eigenvalue weighted by molar-refractivity contribution is 0.347. The van der Waals surface area contributed by atoms with Crippen LogP contribution in [0.25, 0.3) is 0 Å². The molecule has 12 N–H and O–H groups in total. The van der Waals surface area contributed by atoms with Gasteiger partial charge in [-0.15, -0.1) is 0 Å². The molecule has 8 bridgehead atoms. The molecule has 12 nitrogen and oxygen atoms in total. The van der Waals surface area contributed by atoms with Crippen molar-refractivity contribution in [2.45, 2.75) is 231 Å². The Morgan fingerprint density at radius 2 is 0.347 bits per heavy atom. The molecule has 12 heteroatoms. The summed E-state index contributed by atoms with van der Waals surface area (Å²) in [6.45, 7) is 8.51. The second-order valence-corrected chi connectivity index (χ2v) is 20.8. The van der Waals surface area contributed by atoms with Gasteiger partial charge in [0.1, 0.15) is 0 Å². The van der Waals surface area contributed by atoms with Crippen molar-refractivity contribution in [3.8, 4) is 69.0 Å². The molecule has 0 aromatic heterocycles. The Hall–Kier alpha value is -5.52. The van der Waals surface area contributed by atoms with Crippen molar-refractivity contribution < 1.29 is 61.3 Å². The van der Waals surface area contributed by atoms with Crippen LogP contribution in [0.1, 0.15) is 276 Å². The number of benzene rings is 4. The van der Waals surface area contributed by atoms with Gasteiger partial charge in [-0.05, 0) is 49.9 Å². The van der Waals surface area contributed by atoms with E-state index in [1.54, 1.807) is 24.3 Å². The van der Waals surface area contributed by atoms with Crippen LogP contribution in [-0.4, -0.2) is 61.3 Å². The molecule has 400 valence electrons. The molecular weight excluding hydrogens is 913 g/mol. The van der Waals surface area contributed by atoms with Gasteiger partial charge < -0.3 is 61.3 Å². The van der Waals surface area contributed by atoms with E-state index >= 15 is 0 Å². The highest BCUT2D eigenvalue weighted by Gasteiger charge is 2.37. The molecule has 0 amide bonds. The van der Waals surface area contributed by atoms with Crippen LogP contribution in [0.3, 0.4) is 0 Å². The topological polar surface area (TPSA) is 243 Å². The molecule has 0 aliphatic heterocycles. The molecule has 0 spiro atoms. The van der Waals surface area contributed by atoms with E-state index in [9.17, 15) is 61.3 Å². The Bertz CT molecular complexity index is 1920. The van der Waals surface area contributed by atoms with E-state index in [4.69, 9.17) is 0 Å². The molecule has 1 aliphatic rings. The lowest BCUT2D eigenvalue weighted by Gasteiger charge is -2.30. The minimum absolute atomic E-state index is 0.101. The maximum absolute atomic E-state index is 12.0. The summed E-state index contributed by atoms with van der Waals surface area (Å²) in [5.74, 6) is -12.5. The first-order valence-corrected chi connectivity index (χ1v) is 27.8. The van der Waals surface area contributed by atoms with Gasteiger partial charge in [0.2, 0.25) is 23.0 Å². The molecule has 0 heterocycles. The van der Waals surface area contributed by atoms with Crippen LogP contribution >= 0.6 is 0 Å². The average Bonchev–Trinajstić information content (AvgIpc) is 3.37. The zero-order chi connectivity index (χ0) is 52.5. The lowest BCUT2D eigenvalue weighted by atomic mass is 9.76. The van der Waals surface area contributed by atoms with Gasteiger partial charge in [-0.3, -0.25) is 0 Å². The van der Waals surface area contributed by atoms with Gasteiger partial charge in [0.15, 0.2) is 46.0 Å². The summed E-state index contributed by atoms with van der Waals surface area (Å²) in [4.78, 5) is 0. The van der Waals surface area contributed by atoms with E-state index < -0.39 is 92.7 Å². The summed E-state index contributed by atoms with van der Waals surface area (Å²) in [7, 11) is 0. The zero-order valence-corrected chi connectivity index (χ0v) is 43.8. The second kappa shape index (κ2) is 28.1. The Morgan fingerprint density at radius 1 is 0.208 bits per heavy atom. The Morgan fingerprint density at radius 3 is 0.500 bits per heavy atom. The van der Waals surface area contributed by atoms with Gasteiger partial charge in [-0.1, -0.05) is 182 Å². The van der Waals surface area contributed by atoms with Gasteiger partial charge in [0.05, 0.1) is 0 Å². The maximum atomic E-state index is 12.0. The van der Waals surface area contributed by atoms with Gasteiger partial charge in [0, 0.05) is 68.2 Å². The number of phenols is 12. The molecular formula is C60H88O12. The smallest absolute Gasteiger partial charge is 0.200 e. The summed E-state index contributed by atoms with van der Waals surface area (Å²) < 4.78 is 0. The standard InChI is InChI=1S/C60H88O12/c1-5-9-13-17-21-25-29-37-41-33-43(51(63)57(69)49(41)61)38(30-26-22-18-14-10-6-2)45-35-47(55(67)59(71)53(45)65)40(32-28-24-20-16-12-8-4)48-36-46(54(66)60(72)56(48)68)39(31-27-23-19-15-11-7-3)44-34-42(37)50(62)58(70)52(44)64/h33-40,61-72H,5-32H2,1-4H3. The molecule has 0 saturated carbocycles. The summed E-state index contributed by atoms with van der Waals surface area (Å²) >= 11 is 0. The number of hydrogen-bond donors (Lipinski definition) is 12. The molecule has 72 heavy (non-hydrogen) atoms. The van der Waals surface area contributed by atoms with Gasteiger partial charge in [0.25, 0.3) is 0 Å². The van der Waals surface area contributed by atoms with Crippen molar-refractivity contribution in [3.63, 3.8) is 0 Å². The molecule has 1 aliphatic carbocycles. The normalized spacial score (nSPS) is 16.6. The fourth-order valence-corrected chi connectivity index (χ4v) is 11.3. The third-order valence-corrected chi connectivity index (χ3v) is 15.6. The first kappa shape index (κ1) is 57.4. The predicted molar refractivity (Wildman–Crippen MR) is 285 cm³/mol. The molecule has 0 atom stereocenters.